The molecule has 6 nitrogen and oxygen atoms in total. The van der Waals surface area contributed by atoms with E-state index in [-0.39, 0.29) is 18.0 Å². The third-order valence-electron chi connectivity index (χ3n) is 4.34. The van der Waals surface area contributed by atoms with Crippen LogP contribution in [0.1, 0.15) is 35.8 Å². The minimum absolute atomic E-state index is 0.146. The fourth-order valence-electron chi connectivity index (χ4n) is 2.81. The first-order valence-corrected chi connectivity index (χ1v) is 10.7. The molecule has 0 bridgehead atoms. The van der Waals surface area contributed by atoms with Crippen LogP contribution in [-0.4, -0.2) is 22.7 Å². The number of nitrogens with zero attached hydrogens (tertiary/aromatic N) is 1. The molecule has 3 aromatic rings. The van der Waals surface area contributed by atoms with Gasteiger partial charge in [0.05, 0.1) is 11.1 Å². The minimum Gasteiger partial charge on any atom is -0.346 e. The monoisotopic (exact) mass is 420 g/mol. The zero-order chi connectivity index (χ0) is 21.3. The number of rotatable bonds is 7. The van der Waals surface area contributed by atoms with E-state index in [1.807, 2.05) is 68.4 Å². The van der Waals surface area contributed by atoms with Crippen LogP contribution >= 0.6 is 11.8 Å². The predicted octanol–water partition coefficient (Wildman–Crippen LogP) is 5.33. The van der Waals surface area contributed by atoms with E-state index in [2.05, 4.69) is 20.9 Å². The second-order valence-electron chi connectivity index (χ2n) is 6.58. The van der Waals surface area contributed by atoms with Crippen LogP contribution in [0.5, 0.6) is 0 Å². The van der Waals surface area contributed by atoms with E-state index in [9.17, 15) is 9.59 Å². The molecule has 3 N–H and O–H groups in total. The Hall–Kier alpha value is -3.32. The van der Waals surface area contributed by atoms with E-state index in [4.69, 9.17) is 0 Å². The Bertz CT molecular complexity index is 994. The first kappa shape index (κ1) is 21.4. The van der Waals surface area contributed by atoms with Gasteiger partial charge in [-0.2, -0.15) is 0 Å². The van der Waals surface area contributed by atoms with Gasteiger partial charge < -0.3 is 16.0 Å². The number of anilines is 2. The Morgan fingerprint density at radius 3 is 2.30 bits per heavy atom. The van der Waals surface area contributed by atoms with Gasteiger partial charge in [0.25, 0.3) is 5.91 Å². The predicted molar refractivity (Wildman–Crippen MR) is 122 cm³/mol. The van der Waals surface area contributed by atoms with Crippen LogP contribution in [0.4, 0.5) is 16.2 Å². The van der Waals surface area contributed by atoms with Gasteiger partial charge in [-0.15, -0.1) is 11.8 Å². The topological polar surface area (TPSA) is 83.1 Å². The lowest BCUT2D eigenvalue weighted by Crippen LogP contribution is -2.26. The van der Waals surface area contributed by atoms with Gasteiger partial charge in [0, 0.05) is 23.1 Å². The number of hydrogen-bond donors (Lipinski definition) is 3. The number of pyridine rings is 1. The molecule has 1 atom stereocenters. The number of nitrogens with one attached hydrogen (secondary N) is 3. The summed E-state index contributed by atoms with van der Waals surface area (Å²) in [6.45, 7) is 3.97. The molecule has 0 aliphatic heterocycles. The molecular weight excluding hydrogens is 396 g/mol. The number of thioether (sulfide) groups is 1. The van der Waals surface area contributed by atoms with Gasteiger partial charge in [-0.1, -0.05) is 37.3 Å². The highest BCUT2D eigenvalue weighted by Crippen LogP contribution is 2.19. The third kappa shape index (κ3) is 6.09. The first-order chi connectivity index (χ1) is 14.5. The number of hydrogen-bond acceptors (Lipinski definition) is 4. The molecule has 0 fully saturated rings. The van der Waals surface area contributed by atoms with E-state index in [1.54, 1.807) is 30.1 Å². The van der Waals surface area contributed by atoms with Gasteiger partial charge in [-0.25, -0.2) is 9.78 Å². The van der Waals surface area contributed by atoms with Crippen LogP contribution < -0.4 is 16.0 Å². The van der Waals surface area contributed by atoms with E-state index < -0.39 is 0 Å². The van der Waals surface area contributed by atoms with Crippen molar-refractivity contribution in [1.82, 2.24) is 10.3 Å². The maximum absolute atomic E-state index is 12.6. The van der Waals surface area contributed by atoms with E-state index in [1.165, 1.54) is 0 Å². The summed E-state index contributed by atoms with van der Waals surface area (Å²) in [5.41, 5.74) is 2.92. The molecule has 1 unspecified atom stereocenters. The van der Waals surface area contributed by atoms with Gasteiger partial charge >= 0.3 is 6.03 Å². The van der Waals surface area contributed by atoms with Crippen molar-refractivity contribution in [3.63, 3.8) is 0 Å². The average Bonchev–Trinajstić information content (AvgIpc) is 2.75. The number of amides is 3. The van der Waals surface area contributed by atoms with Crippen molar-refractivity contribution >= 4 is 35.1 Å². The van der Waals surface area contributed by atoms with Gasteiger partial charge in [-0.05, 0) is 54.6 Å². The summed E-state index contributed by atoms with van der Waals surface area (Å²) >= 11 is 1.60. The molecule has 0 aliphatic carbocycles. The summed E-state index contributed by atoms with van der Waals surface area (Å²) in [5, 5.41) is 9.40. The molecule has 7 heteroatoms. The zero-order valence-electron chi connectivity index (χ0n) is 16.9. The lowest BCUT2D eigenvalue weighted by atomic mass is 10.1. The van der Waals surface area contributed by atoms with E-state index >= 15 is 0 Å². The van der Waals surface area contributed by atoms with Crippen LogP contribution in [0.15, 0.2) is 78.0 Å². The molecule has 3 amide bonds. The van der Waals surface area contributed by atoms with Crippen molar-refractivity contribution in [2.24, 2.45) is 0 Å². The van der Waals surface area contributed by atoms with Crippen molar-refractivity contribution in [1.29, 1.82) is 0 Å². The summed E-state index contributed by atoms with van der Waals surface area (Å²) in [4.78, 5) is 28.9. The molecule has 0 saturated carbocycles. The molecule has 0 spiro atoms. The Balaban J connectivity index is 1.56. The summed E-state index contributed by atoms with van der Waals surface area (Å²) < 4.78 is 0. The molecule has 0 saturated heterocycles. The highest BCUT2D eigenvalue weighted by molar-refractivity contribution is 7.99. The van der Waals surface area contributed by atoms with E-state index in [0.717, 1.165) is 22.0 Å². The highest BCUT2D eigenvalue weighted by atomic mass is 32.2. The molecule has 2 aromatic carbocycles. The number of benzene rings is 2. The van der Waals surface area contributed by atoms with Crippen LogP contribution in [0.2, 0.25) is 0 Å². The van der Waals surface area contributed by atoms with Gasteiger partial charge in [0.2, 0.25) is 0 Å². The standard InChI is InChI=1S/C23H24N4O2S/c1-3-30-21-15-18(13-14-24-21)22(28)25-16(2)17-9-11-20(12-10-17)27-23(29)26-19-7-5-4-6-8-19/h4-16H,3H2,1-2H3,(H,25,28)(H2,26,27,29). The number of carbonyl (C=O) groups excluding carboxylic acids is 2. The minimum atomic E-state index is -0.311. The smallest absolute Gasteiger partial charge is 0.323 e. The van der Waals surface area contributed by atoms with Crippen LogP contribution in [-0.2, 0) is 0 Å². The Kier molecular flexibility index (Phi) is 7.45. The summed E-state index contributed by atoms with van der Waals surface area (Å²) in [6, 6.07) is 19.6. The quantitative estimate of drug-likeness (QED) is 0.451. The van der Waals surface area contributed by atoms with Crippen molar-refractivity contribution in [2.75, 3.05) is 16.4 Å². The van der Waals surface area contributed by atoms with Crippen molar-refractivity contribution < 1.29 is 9.59 Å². The van der Waals surface area contributed by atoms with E-state index in [0.29, 0.717) is 11.3 Å². The Labute approximate surface area is 180 Å². The Morgan fingerprint density at radius 1 is 0.967 bits per heavy atom. The summed E-state index contributed by atoms with van der Waals surface area (Å²) in [5.74, 6) is 0.755. The SMILES string of the molecule is CCSc1cc(C(=O)NC(C)c2ccc(NC(=O)Nc3ccccc3)cc2)ccn1. The van der Waals surface area contributed by atoms with Crippen molar-refractivity contribution in [3.8, 4) is 0 Å². The van der Waals surface area contributed by atoms with Crippen molar-refractivity contribution in [3.05, 3.63) is 84.1 Å². The van der Waals surface area contributed by atoms with Crippen LogP contribution in [0.25, 0.3) is 0 Å². The molecule has 3 rings (SSSR count). The van der Waals surface area contributed by atoms with Crippen molar-refractivity contribution in [2.45, 2.75) is 24.9 Å². The molecule has 154 valence electrons. The number of para-hydroxylation sites is 1. The Morgan fingerprint density at radius 2 is 1.63 bits per heavy atom. The zero-order valence-corrected chi connectivity index (χ0v) is 17.7. The second kappa shape index (κ2) is 10.5. The highest BCUT2D eigenvalue weighted by Gasteiger charge is 2.13. The lowest BCUT2D eigenvalue weighted by Gasteiger charge is -2.15. The van der Waals surface area contributed by atoms with Gasteiger partial charge in [0.1, 0.15) is 0 Å². The summed E-state index contributed by atoms with van der Waals surface area (Å²) in [7, 11) is 0. The molecular formula is C23H24N4O2S. The molecule has 0 aliphatic rings. The fourth-order valence-corrected chi connectivity index (χ4v) is 3.45. The van der Waals surface area contributed by atoms with Crippen LogP contribution in [0, 0.1) is 0 Å². The average molecular weight is 421 g/mol. The maximum Gasteiger partial charge on any atom is 0.323 e. The fraction of sp³-hybridized carbons (Fsp3) is 0.174. The lowest BCUT2D eigenvalue weighted by molar-refractivity contribution is 0.0939. The number of carbonyl (C=O) groups is 2. The molecule has 0 radical (unpaired) electrons. The second-order valence-corrected chi connectivity index (χ2v) is 7.86. The number of aromatic nitrogens is 1. The third-order valence-corrected chi connectivity index (χ3v) is 5.14. The maximum atomic E-state index is 12.6. The molecule has 30 heavy (non-hydrogen) atoms. The van der Waals surface area contributed by atoms with Gasteiger partial charge in [-0.3, -0.25) is 4.79 Å². The summed E-state index contributed by atoms with van der Waals surface area (Å²) in [6.07, 6.45) is 1.65. The molecule has 1 heterocycles. The number of urea groups is 1. The van der Waals surface area contributed by atoms with Gasteiger partial charge in [0.15, 0.2) is 0 Å². The normalized spacial score (nSPS) is 11.4. The largest absolute Gasteiger partial charge is 0.346 e. The van der Waals surface area contributed by atoms with Crippen LogP contribution in [0.3, 0.4) is 0 Å². The molecule has 1 aromatic heterocycles. The first-order valence-electron chi connectivity index (χ1n) is 9.68.